The van der Waals surface area contributed by atoms with Crippen molar-refractivity contribution < 1.29 is 13.9 Å². The van der Waals surface area contributed by atoms with Gasteiger partial charge in [0.2, 0.25) is 5.43 Å². The van der Waals surface area contributed by atoms with E-state index in [1.807, 2.05) is 6.92 Å². The molecule has 1 aromatic heterocycles. The van der Waals surface area contributed by atoms with E-state index in [0.29, 0.717) is 19.7 Å². The molecule has 0 spiro atoms. The van der Waals surface area contributed by atoms with Crippen LogP contribution in [0.4, 0.5) is 4.39 Å². The molecule has 1 aromatic carbocycles. The summed E-state index contributed by atoms with van der Waals surface area (Å²) in [6.45, 7) is 3.14. The van der Waals surface area contributed by atoms with Gasteiger partial charge in [0.25, 0.3) is 5.91 Å². The van der Waals surface area contributed by atoms with Crippen LogP contribution in [0, 0.1) is 5.82 Å². The first-order valence-electron chi connectivity index (χ1n) is 6.89. The summed E-state index contributed by atoms with van der Waals surface area (Å²) < 4.78 is 19.3. The van der Waals surface area contributed by atoms with Gasteiger partial charge in [-0.05, 0) is 19.1 Å². The second-order valence-electron chi connectivity index (χ2n) is 5.25. The summed E-state index contributed by atoms with van der Waals surface area (Å²) in [7, 11) is 0. The minimum absolute atomic E-state index is 0.00407. The lowest BCUT2D eigenvalue weighted by Crippen LogP contribution is -2.45. The first-order chi connectivity index (χ1) is 10.5. The Morgan fingerprint density at radius 1 is 1.50 bits per heavy atom. The zero-order chi connectivity index (χ0) is 15.9. The molecule has 1 fully saturated rings. The van der Waals surface area contributed by atoms with E-state index in [0.717, 1.165) is 0 Å². The first-order valence-corrected chi connectivity index (χ1v) is 7.27. The molecule has 1 saturated heterocycles. The van der Waals surface area contributed by atoms with Crippen LogP contribution in [0.3, 0.4) is 0 Å². The van der Waals surface area contributed by atoms with Crippen LogP contribution in [0.25, 0.3) is 10.9 Å². The van der Waals surface area contributed by atoms with Gasteiger partial charge in [-0.1, -0.05) is 11.6 Å². The van der Waals surface area contributed by atoms with Crippen LogP contribution in [0.2, 0.25) is 5.02 Å². The predicted octanol–water partition coefficient (Wildman–Crippen LogP) is 2.18. The van der Waals surface area contributed by atoms with Gasteiger partial charge >= 0.3 is 0 Å². The number of nitrogens with zero attached hydrogens (tertiary/aromatic N) is 1. The monoisotopic (exact) mass is 324 g/mol. The van der Waals surface area contributed by atoms with Gasteiger partial charge in [-0.25, -0.2) is 4.39 Å². The lowest BCUT2D eigenvalue weighted by atomic mass is 10.1. The third-order valence-electron chi connectivity index (χ3n) is 3.70. The Morgan fingerprint density at radius 2 is 2.27 bits per heavy atom. The lowest BCUT2D eigenvalue weighted by Gasteiger charge is -2.31. The summed E-state index contributed by atoms with van der Waals surface area (Å²) in [5.74, 6) is -1.08. The summed E-state index contributed by atoms with van der Waals surface area (Å²) in [5.41, 5.74) is -0.513. The van der Waals surface area contributed by atoms with Crippen LogP contribution >= 0.6 is 11.6 Å². The summed E-state index contributed by atoms with van der Waals surface area (Å²) in [6.07, 6.45) is 1.17. The largest absolute Gasteiger partial charge is 0.375 e. The molecule has 1 amide bonds. The van der Waals surface area contributed by atoms with Crippen molar-refractivity contribution >= 4 is 28.4 Å². The van der Waals surface area contributed by atoms with E-state index in [1.165, 1.54) is 18.3 Å². The molecule has 1 unspecified atom stereocenters. The highest BCUT2D eigenvalue weighted by atomic mass is 35.5. The number of pyridine rings is 1. The molecular weight excluding hydrogens is 311 g/mol. The normalized spacial score (nSPS) is 18.7. The Morgan fingerprint density at radius 3 is 3.00 bits per heavy atom. The van der Waals surface area contributed by atoms with Gasteiger partial charge in [0, 0.05) is 24.7 Å². The Balaban J connectivity index is 2.05. The number of morpholine rings is 1. The van der Waals surface area contributed by atoms with Crippen molar-refractivity contribution in [1.82, 2.24) is 9.88 Å². The Hall–Kier alpha value is -1.92. The molecule has 0 bridgehead atoms. The number of carbonyl (C=O) groups is 1. The molecule has 2 aromatic rings. The molecule has 3 rings (SSSR count). The number of halogens is 2. The quantitative estimate of drug-likeness (QED) is 0.874. The molecular formula is C15H14ClFN2O3. The number of hydrogen-bond acceptors (Lipinski definition) is 3. The molecule has 1 N–H and O–H groups in total. The van der Waals surface area contributed by atoms with E-state index >= 15 is 0 Å². The highest BCUT2D eigenvalue weighted by molar-refractivity contribution is 6.31. The van der Waals surface area contributed by atoms with Gasteiger partial charge < -0.3 is 14.6 Å². The molecule has 1 aliphatic rings. The zero-order valence-corrected chi connectivity index (χ0v) is 12.6. The van der Waals surface area contributed by atoms with Crippen molar-refractivity contribution in [2.45, 2.75) is 13.0 Å². The van der Waals surface area contributed by atoms with Gasteiger partial charge in [-0.3, -0.25) is 9.59 Å². The number of fused-ring (bicyclic) bond motifs is 1. The summed E-state index contributed by atoms with van der Waals surface area (Å²) in [4.78, 5) is 29.2. The van der Waals surface area contributed by atoms with Gasteiger partial charge in [-0.15, -0.1) is 0 Å². The van der Waals surface area contributed by atoms with Crippen LogP contribution in [-0.4, -0.2) is 41.6 Å². The smallest absolute Gasteiger partial charge is 0.259 e. The Labute approximate surface area is 130 Å². The number of nitrogens with one attached hydrogen (secondary N) is 1. The second kappa shape index (κ2) is 5.70. The van der Waals surface area contributed by atoms with Crippen LogP contribution in [-0.2, 0) is 4.74 Å². The van der Waals surface area contributed by atoms with Crippen molar-refractivity contribution in [1.29, 1.82) is 0 Å². The van der Waals surface area contributed by atoms with E-state index < -0.39 is 11.2 Å². The van der Waals surface area contributed by atoms with E-state index in [-0.39, 0.29) is 33.5 Å². The molecule has 1 aliphatic heterocycles. The number of ether oxygens (including phenoxy) is 1. The van der Waals surface area contributed by atoms with Gasteiger partial charge in [0.1, 0.15) is 5.56 Å². The summed E-state index contributed by atoms with van der Waals surface area (Å²) >= 11 is 5.69. The van der Waals surface area contributed by atoms with E-state index in [1.54, 1.807) is 4.90 Å². The van der Waals surface area contributed by atoms with Crippen LogP contribution in [0.5, 0.6) is 0 Å². The summed E-state index contributed by atoms with van der Waals surface area (Å²) in [6, 6.07) is 2.72. The maximum atomic E-state index is 13.9. The van der Waals surface area contributed by atoms with Gasteiger partial charge in [-0.2, -0.15) is 0 Å². The van der Waals surface area contributed by atoms with Crippen molar-refractivity contribution in [2.24, 2.45) is 0 Å². The fourth-order valence-electron chi connectivity index (χ4n) is 2.57. The molecule has 7 heteroatoms. The molecule has 116 valence electrons. The maximum Gasteiger partial charge on any atom is 0.259 e. The number of carbonyl (C=O) groups excluding carboxylic acids is 1. The number of aromatic nitrogens is 1. The first kappa shape index (κ1) is 15.0. The molecule has 0 saturated carbocycles. The predicted molar refractivity (Wildman–Crippen MR) is 80.9 cm³/mol. The van der Waals surface area contributed by atoms with E-state index in [2.05, 4.69) is 4.98 Å². The number of amides is 1. The third-order valence-corrected chi connectivity index (χ3v) is 4.00. The number of H-pyrrole nitrogens is 1. The highest BCUT2D eigenvalue weighted by Gasteiger charge is 2.25. The number of benzene rings is 1. The molecule has 22 heavy (non-hydrogen) atoms. The average molecular weight is 325 g/mol. The maximum absolute atomic E-state index is 13.9. The van der Waals surface area contributed by atoms with Gasteiger partial charge in [0.05, 0.1) is 23.3 Å². The van der Waals surface area contributed by atoms with E-state index in [4.69, 9.17) is 16.3 Å². The Kier molecular flexibility index (Phi) is 3.88. The van der Waals surface area contributed by atoms with Crippen molar-refractivity contribution in [3.8, 4) is 0 Å². The van der Waals surface area contributed by atoms with Crippen LogP contribution in [0.15, 0.2) is 23.1 Å². The fraction of sp³-hybridized carbons (Fsp3) is 0.333. The SMILES string of the molecule is CC1CN(C(=O)c2c[nH]c3c(F)c(Cl)ccc3c2=O)CCO1. The second-order valence-corrected chi connectivity index (χ2v) is 5.66. The lowest BCUT2D eigenvalue weighted by molar-refractivity contribution is -0.0124. The molecule has 0 aliphatic carbocycles. The van der Waals surface area contributed by atoms with Crippen molar-refractivity contribution in [3.05, 3.63) is 45.0 Å². The average Bonchev–Trinajstić information content (AvgIpc) is 2.51. The number of aromatic amines is 1. The molecule has 1 atom stereocenters. The Bertz CT molecular complexity index is 805. The molecule has 0 radical (unpaired) electrons. The fourth-order valence-corrected chi connectivity index (χ4v) is 2.73. The van der Waals surface area contributed by atoms with Crippen LogP contribution in [0.1, 0.15) is 17.3 Å². The molecule has 5 nitrogen and oxygen atoms in total. The van der Waals surface area contributed by atoms with E-state index in [9.17, 15) is 14.0 Å². The summed E-state index contributed by atoms with van der Waals surface area (Å²) in [5, 5.41) is 0.0262. The third kappa shape index (κ3) is 2.48. The zero-order valence-electron chi connectivity index (χ0n) is 11.9. The van der Waals surface area contributed by atoms with Crippen molar-refractivity contribution in [3.63, 3.8) is 0 Å². The topological polar surface area (TPSA) is 62.4 Å². The minimum atomic E-state index is -0.699. The van der Waals surface area contributed by atoms with Crippen LogP contribution < -0.4 is 5.43 Å². The molecule has 2 heterocycles. The number of hydrogen-bond donors (Lipinski definition) is 1. The number of rotatable bonds is 1. The minimum Gasteiger partial charge on any atom is -0.375 e. The van der Waals surface area contributed by atoms with Crippen molar-refractivity contribution in [2.75, 3.05) is 19.7 Å². The van der Waals surface area contributed by atoms with Gasteiger partial charge in [0.15, 0.2) is 5.82 Å². The highest BCUT2D eigenvalue weighted by Crippen LogP contribution is 2.21. The standard InChI is InChI=1S/C15H14ClFN2O3/c1-8-7-19(4-5-22-8)15(21)10-6-18-13-9(14(10)20)2-3-11(16)12(13)17/h2-3,6,8H,4-5,7H2,1H3,(H,18,20).